The molecule has 0 aromatic rings. The Morgan fingerprint density at radius 1 is 1.17 bits per heavy atom. The van der Waals surface area contributed by atoms with Gasteiger partial charge in [0.2, 0.25) is 0 Å². The molecule has 0 fully saturated rings. The minimum atomic E-state index is 0.207. The van der Waals surface area contributed by atoms with Crippen LogP contribution in [0.15, 0.2) is 11.3 Å². The highest BCUT2D eigenvalue weighted by atomic mass is 15.1. The minimum Gasteiger partial charge on any atom is -0.374 e. The molecule has 0 heterocycles. The lowest BCUT2D eigenvalue weighted by atomic mass is 10.2. The van der Waals surface area contributed by atoms with Crippen LogP contribution < -0.4 is 0 Å². The third-order valence-corrected chi connectivity index (χ3v) is 1.82. The molecule has 0 saturated heterocycles. The van der Waals surface area contributed by atoms with Crippen molar-refractivity contribution < 1.29 is 0 Å². The van der Waals surface area contributed by atoms with Crippen molar-refractivity contribution >= 4 is 0 Å². The highest BCUT2D eigenvalue weighted by Crippen LogP contribution is 2.07. The normalized spacial score (nSPS) is 8.08. The highest BCUT2D eigenvalue weighted by Gasteiger charge is 2.05. The molecular formula is C9H13N3. The van der Waals surface area contributed by atoms with Crippen molar-refractivity contribution in [3.63, 3.8) is 0 Å². The predicted octanol–water partition coefficient (Wildman–Crippen LogP) is 1.65. The summed E-state index contributed by atoms with van der Waals surface area (Å²) in [4.78, 5) is 1.99. The first-order valence-electron chi connectivity index (χ1n) is 3.97. The van der Waals surface area contributed by atoms with Gasteiger partial charge < -0.3 is 4.90 Å². The molecule has 0 N–H and O–H groups in total. The zero-order valence-corrected chi connectivity index (χ0v) is 7.76. The highest BCUT2D eigenvalue weighted by molar-refractivity contribution is 5.38. The quantitative estimate of drug-likeness (QED) is 0.594. The third-order valence-electron chi connectivity index (χ3n) is 1.82. The molecule has 3 heteroatoms. The Kier molecular flexibility index (Phi) is 4.57. The van der Waals surface area contributed by atoms with E-state index >= 15 is 0 Å². The van der Waals surface area contributed by atoms with E-state index in [1.54, 1.807) is 6.92 Å². The van der Waals surface area contributed by atoms with Crippen molar-refractivity contribution in [3.05, 3.63) is 11.3 Å². The molecule has 0 radical (unpaired) electrons. The smallest absolute Gasteiger partial charge is 0.148 e. The molecular weight excluding hydrogens is 150 g/mol. The van der Waals surface area contributed by atoms with E-state index in [0.717, 1.165) is 18.8 Å². The second kappa shape index (κ2) is 5.21. The lowest BCUT2D eigenvalue weighted by Crippen LogP contribution is -2.21. The molecule has 0 aliphatic carbocycles. The second-order valence-corrected chi connectivity index (χ2v) is 2.36. The van der Waals surface area contributed by atoms with Gasteiger partial charge in [-0.15, -0.1) is 0 Å². The van der Waals surface area contributed by atoms with E-state index in [-0.39, 0.29) is 5.57 Å². The first-order valence-corrected chi connectivity index (χ1v) is 3.97. The average molecular weight is 163 g/mol. The predicted molar refractivity (Wildman–Crippen MR) is 46.8 cm³/mol. The number of allylic oxidation sites excluding steroid dienone is 2. The fourth-order valence-electron chi connectivity index (χ4n) is 1.04. The van der Waals surface area contributed by atoms with Gasteiger partial charge >= 0.3 is 0 Å². The summed E-state index contributed by atoms with van der Waals surface area (Å²) in [6, 6.07) is 3.75. The van der Waals surface area contributed by atoms with Crippen LogP contribution in [0.25, 0.3) is 0 Å². The molecule has 0 unspecified atom stereocenters. The van der Waals surface area contributed by atoms with Crippen LogP contribution in [0.1, 0.15) is 20.8 Å². The van der Waals surface area contributed by atoms with Crippen LogP contribution >= 0.6 is 0 Å². The Balaban J connectivity index is 4.77. The lowest BCUT2D eigenvalue weighted by Gasteiger charge is -2.21. The molecule has 0 bridgehead atoms. The zero-order chi connectivity index (χ0) is 9.56. The first kappa shape index (κ1) is 10.5. The molecule has 0 amide bonds. The van der Waals surface area contributed by atoms with E-state index < -0.39 is 0 Å². The molecule has 0 atom stereocenters. The van der Waals surface area contributed by atoms with Crippen molar-refractivity contribution in [3.8, 4) is 12.1 Å². The van der Waals surface area contributed by atoms with Gasteiger partial charge in [0.05, 0.1) is 0 Å². The molecule has 0 saturated carbocycles. The number of rotatable bonds is 3. The maximum atomic E-state index is 8.58. The number of hydrogen-bond donors (Lipinski definition) is 0. The molecule has 0 aliphatic heterocycles. The van der Waals surface area contributed by atoms with E-state index in [4.69, 9.17) is 10.5 Å². The molecule has 0 aliphatic rings. The van der Waals surface area contributed by atoms with Gasteiger partial charge in [-0.05, 0) is 20.8 Å². The SMILES string of the molecule is CCN(CC)C(C)=C(C#N)C#N. The topological polar surface area (TPSA) is 50.8 Å². The van der Waals surface area contributed by atoms with Crippen molar-refractivity contribution in [2.24, 2.45) is 0 Å². The van der Waals surface area contributed by atoms with Crippen LogP contribution in [-0.2, 0) is 0 Å². The van der Waals surface area contributed by atoms with Gasteiger partial charge in [-0.2, -0.15) is 10.5 Å². The number of nitrogens with zero attached hydrogens (tertiary/aromatic N) is 3. The van der Waals surface area contributed by atoms with Gasteiger partial charge in [0.1, 0.15) is 17.7 Å². The van der Waals surface area contributed by atoms with E-state index in [2.05, 4.69) is 0 Å². The standard InChI is InChI=1S/C9H13N3/c1-4-12(5-2)8(3)9(6-10)7-11/h4-5H2,1-3H3. The summed E-state index contributed by atoms with van der Waals surface area (Å²) in [5.74, 6) is 0. The Morgan fingerprint density at radius 2 is 1.58 bits per heavy atom. The number of nitriles is 2. The molecule has 0 rings (SSSR count). The van der Waals surface area contributed by atoms with Gasteiger partial charge in [-0.1, -0.05) is 0 Å². The summed E-state index contributed by atoms with van der Waals surface area (Å²) < 4.78 is 0. The van der Waals surface area contributed by atoms with Crippen molar-refractivity contribution in [2.45, 2.75) is 20.8 Å². The summed E-state index contributed by atoms with van der Waals surface area (Å²) in [5, 5.41) is 17.2. The van der Waals surface area contributed by atoms with Crippen LogP contribution in [0.5, 0.6) is 0 Å². The lowest BCUT2D eigenvalue weighted by molar-refractivity contribution is 0.382. The van der Waals surface area contributed by atoms with Gasteiger partial charge in [0, 0.05) is 18.8 Å². The van der Waals surface area contributed by atoms with Crippen LogP contribution in [0.2, 0.25) is 0 Å². The summed E-state index contributed by atoms with van der Waals surface area (Å²) in [7, 11) is 0. The molecule has 64 valence electrons. The average Bonchev–Trinajstić information content (AvgIpc) is 2.09. The molecule has 0 spiro atoms. The fourth-order valence-corrected chi connectivity index (χ4v) is 1.04. The van der Waals surface area contributed by atoms with Gasteiger partial charge in [-0.3, -0.25) is 0 Å². The van der Waals surface area contributed by atoms with Crippen LogP contribution in [0.3, 0.4) is 0 Å². The Labute approximate surface area is 73.5 Å². The minimum absolute atomic E-state index is 0.207. The van der Waals surface area contributed by atoms with Crippen LogP contribution in [-0.4, -0.2) is 18.0 Å². The molecule has 12 heavy (non-hydrogen) atoms. The van der Waals surface area contributed by atoms with E-state index in [0.29, 0.717) is 0 Å². The Morgan fingerprint density at radius 3 is 1.83 bits per heavy atom. The van der Waals surface area contributed by atoms with Gasteiger partial charge in [-0.25, -0.2) is 0 Å². The molecule has 0 aromatic carbocycles. The fraction of sp³-hybridized carbons (Fsp3) is 0.556. The van der Waals surface area contributed by atoms with Crippen molar-refractivity contribution in [1.82, 2.24) is 4.90 Å². The Bertz CT molecular complexity index is 232. The van der Waals surface area contributed by atoms with E-state index in [1.807, 2.05) is 30.9 Å². The first-order chi connectivity index (χ1) is 5.71. The summed E-state index contributed by atoms with van der Waals surface area (Å²) in [6.45, 7) is 7.46. The van der Waals surface area contributed by atoms with E-state index in [1.165, 1.54) is 0 Å². The largest absolute Gasteiger partial charge is 0.374 e. The summed E-state index contributed by atoms with van der Waals surface area (Å²) in [6.07, 6.45) is 0. The Hall–Kier alpha value is -1.48. The maximum absolute atomic E-state index is 8.58. The number of hydrogen-bond acceptors (Lipinski definition) is 3. The molecule has 0 aromatic heterocycles. The maximum Gasteiger partial charge on any atom is 0.148 e. The zero-order valence-electron chi connectivity index (χ0n) is 7.76. The molecule has 3 nitrogen and oxygen atoms in total. The second-order valence-electron chi connectivity index (χ2n) is 2.36. The van der Waals surface area contributed by atoms with E-state index in [9.17, 15) is 0 Å². The van der Waals surface area contributed by atoms with Crippen molar-refractivity contribution in [1.29, 1.82) is 10.5 Å². The summed E-state index contributed by atoms with van der Waals surface area (Å²) in [5.41, 5.74) is 0.976. The van der Waals surface area contributed by atoms with Crippen LogP contribution in [0, 0.1) is 22.7 Å². The monoisotopic (exact) mass is 163 g/mol. The third kappa shape index (κ3) is 2.29. The van der Waals surface area contributed by atoms with Crippen molar-refractivity contribution in [2.75, 3.05) is 13.1 Å². The van der Waals surface area contributed by atoms with Gasteiger partial charge in [0.15, 0.2) is 0 Å². The van der Waals surface area contributed by atoms with Crippen LogP contribution in [0.4, 0.5) is 0 Å². The summed E-state index contributed by atoms with van der Waals surface area (Å²) >= 11 is 0. The van der Waals surface area contributed by atoms with Gasteiger partial charge in [0.25, 0.3) is 0 Å².